The third-order valence-corrected chi connectivity index (χ3v) is 5.68. The van der Waals surface area contributed by atoms with Gasteiger partial charge in [0.1, 0.15) is 6.61 Å². The zero-order valence-electron chi connectivity index (χ0n) is 21.6. The summed E-state index contributed by atoms with van der Waals surface area (Å²) in [5, 5.41) is 30.5. The van der Waals surface area contributed by atoms with Crippen LogP contribution in [0.3, 0.4) is 0 Å². The van der Waals surface area contributed by atoms with Crippen molar-refractivity contribution in [3.8, 4) is 0 Å². The van der Waals surface area contributed by atoms with Crippen molar-refractivity contribution in [2.45, 2.75) is 19.8 Å². The van der Waals surface area contributed by atoms with Crippen molar-refractivity contribution in [3.63, 3.8) is 0 Å². The molecule has 1 aliphatic rings. The minimum Gasteiger partial charge on any atom is -0.480 e. The van der Waals surface area contributed by atoms with Crippen molar-refractivity contribution in [1.82, 2.24) is 24.9 Å². The molecule has 0 radical (unpaired) electrons. The van der Waals surface area contributed by atoms with Crippen LogP contribution in [0.1, 0.15) is 19.8 Å². The summed E-state index contributed by atoms with van der Waals surface area (Å²) in [6.07, 6.45) is 1.11. The summed E-state index contributed by atoms with van der Waals surface area (Å²) < 4.78 is 5.14. The van der Waals surface area contributed by atoms with Gasteiger partial charge in [0, 0.05) is 52.4 Å². The number of nitrogens with zero attached hydrogens (tertiary/aromatic N) is 4. The average molecular weight is 532 g/mol. The van der Waals surface area contributed by atoms with Gasteiger partial charge in [0.2, 0.25) is 5.91 Å². The Kier molecular flexibility index (Phi) is 16.3. The van der Waals surface area contributed by atoms with Crippen molar-refractivity contribution in [2.75, 3.05) is 98.3 Å². The first-order valence-electron chi connectivity index (χ1n) is 12.4. The number of carbonyl (C=O) groups excluding carboxylic acids is 2. The van der Waals surface area contributed by atoms with E-state index in [1.165, 1.54) is 6.92 Å². The minimum atomic E-state index is -0.979. The lowest BCUT2D eigenvalue weighted by Crippen LogP contribution is -2.46. The molecule has 1 heterocycles. The highest BCUT2D eigenvalue weighted by Gasteiger charge is 2.19. The molecule has 0 unspecified atom stereocenters. The molecular formula is C23H41N5O9. The molecule has 0 bridgehead atoms. The van der Waals surface area contributed by atoms with Gasteiger partial charge < -0.3 is 25.4 Å². The van der Waals surface area contributed by atoms with E-state index in [-0.39, 0.29) is 57.6 Å². The lowest BCUT2D eigenvalue weighted by molar-refractivity contribution is -0.140. The van der Waals surface area contributed by atoms with Crippen LogP contribution in [0.4, 0.5) is 0 Å². The number of hydrogen-bond acceptors (Lipinski definition) is 10. The monoisotopic (exact) mass is 531 g/mol. The summed E-state index contributed by atoms with van der Waals surface area (Å²) >= 11 is 0. The Morgan fingerprint density at radius 3 is 1.38 bits per heavy atom. The summed E-state index contributed by atoms with van der Waals surface area (Å²) in [6, 6.07) is 0. The van der Waals surface area contributed by atoms with E-state index in [1.54, 1.807) is 14.7 Å². The van der Waals surface area contributed by atoms with Gasteiger partial charge in [0.05, 0.1) is 32.8 Å². The van der Waals surface area contributed by atoms with E-state index in [0.29, 0.717) is 65.2 Å². The topological polar surface area (TPSA) is 180 Å². The first-order valence-corrected chi connectivity index (χ1v) is 12.4. The fourth-order valence-electron chi connectivity index (χ4n) is 3.99. The van der Waals surface area contributed by atoms with Crippen LogP contribution < -0.4 is 5.32 Å². The maximum atomic E-state index is 12.5. The van der Waals surface area contributed by atoms with Gasteiger partial charge in [-0.3, -0.25) is 43.6 Å². The summed E-state index contributed by atoms with van der Waals surface area (Å²) in [4.78, 5) is 64.5. The van der Waals surface area contributed by atoms with Gasteiger partial charge in [-0.05, 0) is 26.3 Å². The van der Waals surface area contributed by atoms with Crippen LogP contribution >= 0.6 is 0 Å². The highest BCUT2D eigenvalue weighted by atomic mass is 16.5. The van der Waals surface area contributed by atoms with E-state index in [1.807, 2.05) is 4.90 Å². The van der Waals surface area contributed by atoms with Gasteiger partial charge in [0.25, 0.3) is 0 Å². The number of nitrogens with one attached hydrogen (secondary N) is 1. The molecule has 1 aliphatic heterocycles. The predicted octanol–water partition coefficient (Wildman–Crippen LogP) is -2.04. The first-order chi connectivity index (χ1) is 17.5. The molecule has 0 aromatic rings. The largest absolute Gasteiger partial charge is 0.480 e. The minimum absolute atomic E-state index is 0.0116. The van der Waals surface area contributed by atoms with Gasteiger partial charge in [-0.25, -0.2) is 0 Å². The van der Waals surface area contributed by atoms with Crippen molar-refractivity contribution >= 4 is 29.6 Å². The molecule has 0 aromatic carbocycles. The summed E-state index contributed by atoms with van der Waals surface area (Å²) in [5.74, 6) is -3.26. The van der Waals surface area contributed by atoms with Crippen molar-refractivity contribution in [1.29, 1.82) is 0 Å². The molecule has 0 aromatic heterocycles. The molecule has 1 rings (SSSR count). The van der Waals surface area contributed by atoms with Crippen molar-refractivity contribution in [2.24, 2.45) is 0 Å². The summed E-state index contributed by atoms with van der Waals surface area (Å²) in [5.41, 5.74) is 0. The van der Waals surface area contributed by atoms with Gasteiger partial charge in [-0.1, -0.05) is 0 Å². The third-order valence-electron chi connectivity index (χ3n) is 5.68. The number of Topliss-reactive ketones (excluding diaryl/α,β-unsaturated/α-hetero) is 1. The second-order valence-corrected chi connectivity index (χ2v) is 9.10. The second-order valence-electron chi connectivity index (χ2n) is 9.10. The fraction of sp³-hybridized carbons (Fsp3) is 0.783. The van der Waals surface area contributed by atoms with Crippen LogP contribution in [0.5, 0.6) is 0 Å². The predicted molar refractivity (Wildman–Crippen MR) is 132 cm³/mol. The molecule has 1 saturated heterocycles. The van der Waals surface area contributed by atoms with Crippen LogP contribution in [0, 0.1) is 0 Å². The number of carbonyl (C=O) groups is 5. The van der Waals surface area contributed by atoms with E-state index < -0.39 is 17.9 Å². The Bertz CT molecular complexity index is 752. The zero-order chi connectivity index (χ0) is 27.6. The standard InChI is InChI=1S/C23H41N5O9/c1-19(29)18-37-13-4-24-20(30)14-25-5-2-6-27(16-22(33)34)11-12-28(17-23(35)36)8-3-7-26(10-9-25)15-21(31)32/h2-18H2,1H3,(H,24,30)(H,31,32)(H,33,34)(H,35,36). The fourth-order valence-corrected chi connectivity index (χ4v) is 3.99. The Morgan fingerprint density at radius 1 is 0.649 bits per heavy atom. The number of aliphatic carboxylic acids is 3. The molecule has 4 N–H and O–H groups in total. The average Bonchev–Trinajstić information content (AvgIpc) is 2.78. The third kappa shape index (κ3) is 17.4. The van der Waals surface area contributed by atoms with Crippen LogP contribution in [-0.2, 0) is 28.7 Å². The van der Waals surface area contributed by atoms with Crippen LogP contribution in [0.25, 0.3) is 0 Å². The van der Waals surface area contributed by atoms with E-state index in [9.17, 15) is 39.3 Å². The molecule has 0 aliphatic carbocycles. The Morgan fingerprint density at radius 2 is 1.03 bits per heavy atom. The normalized spacial score (nSPS) is 18.1. The van der Waals surface area contributed by atoms with Gasteiger partial charge in [-0.15, -0.1) is 0 Å². The summed E-state index contributed by atoms with van der Waals surface area (Å²) in [6.45, 7) is 4.81. The molecule has 37 heavy (non-hydrogen) atoms. The van der Waals surface area contributed by atoms with Gasteiger partial charge in [-0.2, -0.15) is 0 Å². The Balaban J connectivity index is 2.82. The lowest BCUT2D eigenvalue weighted by atomic mass is 10.2. The number of hydrogen-bond donors (Lipinski definition) is 4. The van der Waals surface area contributed by atoms with Crippen LogP contribution in [0.2, 0.25) is 0 Å². The zero-order valence-corrected chi connectivity index (χ0v) is 21.6. The van der Waals surface area contributed by atoms with Gasteiger partial charge in [0.15, 0.2) is 5.78 Å². The molecular weight excluding hydrogens is 490 g/mol. The van der Waals surface area contributed by atoms with Gasteiger partial charge >= 0.3 is 17.9 Å². The number of rotatable bonds is 13. The lowest BCUT2D eigenvalue weighted by Gasteiger charge is -2.30. The maximum absolute atomic E-state index is 12.5. The molecule has 1 fully saturated rings. The molecule has 1 amide bonds. The SMILES string of the molecule is CC(=O)COCCNC(=O)CN1CCCN(CC(=O)O)CCN(CC(=O)O)CCCN(CC(=O)O)CC1. The Labute approximate surface area is 217 Å². The molecule has 0 atom stereocenters. The van der Waals surface area contributed by atoms with E-state index >= 15 is 0 Å². The highest BCUT2D eigenvalue weighted by molar-refractivity contribution is 5.78. The summed E-state index contributed by atoms with van der Waals surface area (Å²) in [7, 11) is 0. The van der Waals surface area contributed by atoms with E-state index in [4.69, 9.17) is 4.74 Å². The Hall–Kier alpha value is -2.65. The highest BCUT2D eigenvalue weighted by Crippen LogP contribution is 2.03. The smallest absolute Gasteiger partial charge is 0.317 e. The number of ether oxygens (including phenoxy) is 1. The first kappa shape index (κ1) is 32.4. The van der Waals surface area contributed by atoms with E-state index in [0.717, 1.165) is 0 Å². The number of ketones is 1. The number of amides is 1. The molecule has 14 heteroatoms. The van der Waals surface area contributed by atoms with Crippen molar-refractivity contribution < 1.29 is 44.0 Å². The molecule has 14 nitrogen and oxygen atoms in total. The molecule has 212 valence electrons. The molecule has 0 saturated carbocycles. The van der Waals surface area contributed by atoms with E-state index in [2.05, 4.69) is 5.32 Å². The van der Waals surface area contributed by atoms with Crippen LogP contribution in [0.15, 0.2) is 0 Å². The quantitative estimate of drug-likeness (QED) is 0.191. The second kappa shape index (κ2) is 18.6. The van der Waals surface area contributed by atoms with Crippen LogP contribution in [-0.4, -0.2) is 163 Å². The maximum Gasteiger partial charge on any atom is 0.317 e. The van der Waals surface area contributed by atoms with Crippen molar-refractivity contribution in [3.05, 3.63) is 0 Å². The molecule has 0 spiro atoms. The number of carboxylic acids is 3. The number of carboxylic acid groups (broad SMARTS) is 3.